The Hall–Kier alpha value is -4.31. The van der Waals surface area contributed by atoms with Gasteiger partial charge in [0.15, 0.2) is 12.4 Å². The molecule has 0 aliphatic heterocycles. The first-order valence-corrected chi connectivity index (χ1v) is 31.7. The van der Waals surface area contributed by atoms with Gasteiger partial charge >= 0.3 is 11.9 Å². The summed E-state index contributed by atoms with van der Waals surface area (Å²) in [6.07, 6.45) is 81.4. The monoisotopic (exact) mass is 1100 g/mol. The van der Waals surface area contributed by atoms with Crippen LogP contribution in [0.4, 0.5) is 0 Å². The topological polar surface area (TPSA) is 111 Å². The Bertz CT molecular complexity index is 1710. The van der Waals surface area contributed by atoms with Crippen molar-refractivity contribution in [2.24, 2.45) is 0 Å². The van der Waals surface area contributed by atoms with Gasteiger partial charge in [0, 0.05) is 12.8 Å². The smallest absolute Gasteiger partial charge is 0.306 e. The van der Waals surface area contributed by atoms with Crippen molar-refractivity contribution < 1.29 is 42.9 Å². The summed E-state index contributed by atoms with van der Waals surface area (Å²) < 4.78 is 22.7. The van der Waals surface area contributed by atoms with Crippen LogP contribution in [0.25, 0.3) is 0 Å². The van der Waals surface area contributed by atoms with Crippen LogP contribution in [0, 0.1) is 0 Å². The average Bonchev–Trinajstić information content (AvgIpc) is 3.42. The van der Waals surface area contributed by atoms with Crippen molar-refractivity contribution in [3.8, 4) is 0 Å². The summed E-state index contributed by atoms with van der Waals surface area (Å²) in [5.74, 6) is -2.31. The summed E-state index contributed by atoms with van der Waals surface area (Å²) >= 11 is 0. The normalized spacial score (nSPS) is 13.6. The number of unbranched alkanes of at least 4 members (excludes halogenated alkanes) is 22. The highest BCUT2D eigenvalue weighted by molar-refractivity contribution is 5.70. The van der Waals surface area contributed by atoms with Gasteiger partial charge in [-0.15, -0.1) is 0 Å². The minimum absolute atomic E-state index is 0.141. The highest BCUT2D eigenvalue weighted by atomic mass is 16.7. The first kappa shape index (κ1) is 74.7. The van der Waals surface area contributed by atoms with E-state index in [0.29, 0.717) is 17.4 Å². The van der Waals surface area contributed by atoms with Gasteiger partial charge in [-0.25, -0.2) is 0 Å². The van der Waals surface area contributed by atoms with Crippen LogP contribution in [0.1, 0.15) is 245 Å². The molecule has 0 aliphatic carbocycles. The molecule has 0 radical (unpaired) electrons. The number of rotatable bonds is 57. The maximum absolute atomic E-state index is 12.9. The Morgan fingerprint density at radius 3 is 1.08 bits per heavy atom. The molecule has 0 bridgehead atoms. The molecule has 0 spiro atoms. The van der Waals surface area contributed by atoms with Gasteiger partial charge in [0.2, 0.25) is 0 Å². The number of quaternary nitrogens is 1. The van der Waals surface area contributed by atoms with E-state index in [1.165, 1.54) is 89.9 Å². The maximum Gasteiger partial charge on any atom is 0.306 e. The highest BCUT2D eigenvalue weighted by Gasteiger charge is 2.22. The lowest BCUT2D eigenvalue weighted by atomic mass is 10.0. The third-order valence-corrected chi connectivity index (χ3v) is 13.2. The lowest BCUT2D eigenvalue weighted by Crippen LogP contribution is -2.44. The van der Waals surface area contributed by atoms with E-state index in [1.54, 1.807) is 0 Å². The number of hydrogen-bond donors (Lipinski definition) is 0. The minimum atomic E-state index is -1.63. The van der Waals surface area contributed by atoms with Gasteiger partial charge in [0.1, 0.15) is 13.2 Å². The molecule has 0 aromatic heterocycles. The summed E-state index contributed by atoms with van der Waals surface area (Å²) in [5.41, 5.74) is 0. The molecule has 9 nitrogen and oxygen atoms in total. The molecule has 0 aliphatic rings. The molecule has 9 heteroatoms. The third kappa shape index (κ3) is 61.2. The lowest BCUT2D eigenvalue weighted by molar-refractivity contribution is -0.870. The molecule has 0 saturated heterocycles. The van der Waals surface area contributed by atoms with E-state index in [9.17, 15) is 19.5 Å². The van der Waals surface area contributed by atoms with E-state index in [1.807, 2.05) is 21.1 Å². The predicted octanol–water partition coefficient (Wildman–Crippen LogP) is 17.9. The Balaban J connectivity index is 4.03. The zero-order valence-electron chi connectivity index (χ0n) is 51.2. The third-order valence-electron chi connectivity index (χ3n) is 13.2. The number of carbonyl (C=O) groups excluding carboxylic acids is 3. The van der Waals surface area contributed by atoms with Crippen LogP contribution in [-0.2, 0) is 33.3 Å². The molecule has 0 saturated carbocycles. The molecule has 2 atom stereocenters. The Kier molecular flexibility index (Phi) is 56.5. The van der Waals surface area contributed by atoms with Gasteiger partial charge in [-0.1, -0.05) is 251 Å². The van der Waals surface area contributed by atoms with Crippen LogP contribution in [0.2, 0.25) is 0 Å². The van der Waals surface area contributed by atoms with E-state index in [0.717, 1.165) is 122 Å². The zero-order valence-corrected chi connectivity index (χ0v) is 51.2. The number of aliphatic carboxylic acids is 1. The van der Waals surface area contributed by atoms with E-state index in [2.05, 4.69) is 135 Å². The first-order chi connectivity index (χ1) is 38.6. The SMILES string of the molecule is CC/C=C\C/C=C\C/C=C\C/C=C\C/C=C\C/C=C\C/C=C\C/C=C\CCCCCCCCCCCCCCCCCCC(=O)OC(COC(=O)CCCCCCC/C=C\C/C=C\CCC)COC(OCC[N+](C)(C)C)C(=O)[O-]. The number of likely N-dealkylation sites (N-methyl/N-ethyl adjacent to an activating group) is 1. The van der Waals surface area contributed by atoms with Crippen molar-refractivity contribution in [2.45, 2.75) is 257 Å². The van der Waals surface area contributed by atoms with E-state index in [4.69, 9.17) is 18.9 Å². The highest BCUT2D eigenvalue weighted by Crippen LogP contribution is 2.16. The number of allylic oxidation sites excluding steroid dienone is 20. The number of carbonyl (C=O) groups is 3. The molecule has 0 amide bonds. The molecular formula is C70H117NO8. The van der Waals surface area contributed by atoms with Crippen LogP contribution in [0.3, 0.4) is 0 Å². The molecule has 0 N–H and O–H groups in total. The second-order valence-corrected chi connectivity index (χ2v) is 22.0. The second kappa shape index (κ2) is 59.8. The lowest BCUT2D eigenvalue weighted by Gasteiger charge is -2.26. The van der Waals surface area contributed by atoms with Crippen LogP contribution < -0.4 is 5.11 Å². The van der Waals surface area contributed by atoms with Gasteiger partial charge in [0.25, 0.3) is 0 Å². The maximum atomic E-state index is 12.9. The molecule has 0 heterocycles. The van der Waals surface area contributed by atoms with Gasteiger partial charge < -0.3 is 33.3 Å². The number of ether oxygens (including phenoxy) is 4. The van der Waals surface area contributed by atoms with Gasteiger partial charge in [-0.05, 0) is 103 Å². The Morgan fingerprint density at radius 1 is 0.392 bits per heavy atom. The Labute approximate surface area is 485 Å². The summed E-state index contributed by atoms with van der Waals surface area (Å²) in [4.78, 5) is 37.2. The predicted molar refractivity (Wildman–Crippen MR) is 333 cm³/mol. The van der Waals surface area contributed by atoms with Crippen molar-refractivity contribution >= 4 is 17.9 Å². The Morgan fingerprint density at radius 2 is 0.722 bits per heavy atom. The molecule has 0 aromatic carbocycles. The molecule has 450 valence electrons. The van der Waals surface area contributed by atoms with E-state index < -0.39 is 24.3 Å². The van der Waals surface area contributed by atoms with Crippen molar-refractivity contribution in [3.63, 3.8) is 0 Å². The van der Waals surface area contributed by atoms with Crippen molar-refractivity contribution in [1.29, 1.82) is 0 Å². The number of nitrogens with zero attached hydrogens (tertiary/aromatic N) is 1. The van der Waals surface area contributed by atoms with Crippen LogP contribution >= 0.6 is 0 Å². The van der Waals surface area contributed by atoms with E-state index >= 15 is 0 Å². The standard InChI is InChI=1S/C70H117NO8/c1-6-8-10-12-14-16-18-20-21-22-23-24-25-26-27-28-29-30-31-32-33-34-35-36-37-38-39-40-41-42-43-44-45-46-47-49-51-53-55-57-59-61-68(73)79-66(65-78-70(69(74)75)76-63-62-71(3,4)5)64-77-67(72)60-58-56-54-52-50-48-19-17-15-13-11-9-7-2/h8,10-11,13-14,16-17,19-21,23-24,26-27,29-30,32-33,35-36,66,70H,6-7,9,12,15,18,22,25,28,31,34,37-65H2,1-5H3/b10-8-,13-11-,16-14-,19-17-,21-20-,24-23-,27-26-,30-29-,33-32-,36-35-. The van der Waals surface area contributed by atoms with Crippen LogP contribution in [0.15, 0.2) is 122 Å². The van der Waals surface area contributed by atoms with Crippen molar-refractivity contribution in [2.75, 3.05) is 47.5 Å². The molecule has 0 aromatic rings. The van der Waals surface area contributed by atoms with E-state index in [-0.39, 0.29) is 38.6 Å². The van der Waals surface area contributed by atoms with Gasteiger partial charge in [0.05, 0.1) is 40.3 Å². The number of esters is 2. The van der Waals surface area contributed by atoms with Gasteiger partial charge in [-0.3, -0.25) is 9.59 Å². The van der Waals surface area contributed by atoms with Crippen LogP contribution in [0.5, 0.6) is 0 Å². The fraction of sp³-hybridized carbons (Fsp3) is 0.671. The average molecular weight is 1100 g/mol. The van der Waals surface area contributed by atoms with Gasteiger partial charge in [-0.2, -0.15) is 0 Å². The zero-order chi connectivity index (χ0) is 57.6. The molecule has 79 heavy (non-hydrogen) atoms. The molecule has 0 fully saturated rings. The minimum Gasteiger partial charge on any atom is -0.545 e. The first-order valence-electron chi connectivity index (χ1n) is 31.7. The quantitative estimate of drug-likeness (QED) is 0.0195. The van der Waals surface area contributed by atoms with Crippen molar-refractivity contribution in [1.82, 2.24) is 0 Å². The van der Waals surface area contributed by atoms with Crippen LogP contribution in [-0.4, -0.2) is 82.3 Å². The second-order valence-electron chi connectivity index (χ2n) is 22.0. The summed E-state index contributed by atoms with van der Waals surface area (Å²) in [5, 5.41) is 11.8. The molecule has 0 rings (SSSR count). The fourth-order valence-electron chi connectivity index (χ4n) is 8.35. The summed E-state index contributed by atoms with van der Waals surface area (Å²) in [7, 11) is 5.91. The largest absolute Gasteiger partial charge is 0.545 e. The molecular weight excluding hydrogens is 983 g/mol. The number of hydrogen-bond acceptors (Lipinski definition) is 8. The number of carboxylic acids is 1. The fourth-order valence-corrected chi connectivity index (χ4v) is 8.35. The van der Waals surface area contributed by atoms with Crippen molar-refractivity contribution in [3.05, 3.63) is 122 Å². The molecule has 2 unspecified atom stereocenters. The number of carboxylic acid groups (broad SMARTS) is 1. The summed E-state index contributed by atoms with van der Waals surface area (Å²) in [6, 6.07) is 0. The summed E-state index contributed by atoms with van der Waals surface area (Å²) in [6.45, 7) is 4.54.